The van der Waals surface area contributed by atoms with E-state index in [0.29, 0.717) is 18.5 Å². The Morgan fingerprint density at radius 3 is 2.44 bits per heavy atom. The Morgan fingerprint density at radius 2 is 1.89 bits per heavy atom. The molecule has 18 heavy (non-hydrogen) atoms. The Labute approximate surface area is 106 Å². The first-order chi connectivity index (χ1) is 8.58. The fraction of sp³-hybridized carbons (Fsp3) is 0.429. The second kappa shape index (κ2) is 5.31. The number of carboxylic acid groups (broad SMARTS) is 1. The number of rotatable bonds is 3. The van der Waals surface area contributed by atoms with E-state index in [9.17, 15) is 9.59 Å². The Bertz CT molecular complexity index is 453. The molecule has 1 aliphatic heterocycles. The lowest BCUT2D eigenvalue weighted by Crippen LogP contribution is -2.38. The summed E-state index contributed by atoms with van der Waals surface area (Å²) in [7, 11) is 0. The fourth-order valence-electron chi connectivity index (χ4n) is 2.37. The molecule has 96 valence electrons. The van der Waals surface area contributed by atoms with Crippen molar-refractivity contribution in [2.75, 3.05) is 13.1 Å². The summed E-state index contributed by atoms with van der Waals surface area (Å²) < 4.78 is 0. The van der Waals surface area contributed by atoms with Crippen molar-refractivity contribution >= 4 is 11.8 Å². The average molecular weight is 247 g/mol. The van der Waals surface area contributed by atoms with Crippen LogP contribution in [-0.4, -0.2) is 29.9 Å². The van der Waals surface area contributed by atoms with Gasteiger partial charge in [-0.3, -0.25) is 9.59 Å². The maximum absolute atomic E-state index is 11.2. The summed E-state index contributed by atoms with van der Waals surface area (Å²) in [6, 6.07) is 7.46. The molecule has 0 spiro atoms. The quantitative estimate of drug-likeness (QED) is 0.797. The maximum Gasteiger partial charge on any atom is 0.307 e. The summed E-state index contributed by atoms with van der Waals surface area (Å²) in [5, 5.41) is 12.2. The van der Waals surface area contributed by atoms with Crippen LogP contribution in [0, 0.1) is 5.92 Å². The van der Waals surface area contributed by atoms with Gasteiger partial charge in [-0.1, -0.05) is 24.3 Å². The topological polar surface area (TPSA) is 66.4 Å². The zero-order valence-corrected chi connectivity index (χ0v) is 10.3. The number of benzene rings is 1. The van der Waals surface area contributed by atoms with Crippen LogP contribution in [0.4, 0.5) is 0 Å². The minimum atomic E-state index is -0.743. The van der Waals surface area contributed by atoms with Crippen molar-refractivity contribution in [1.29, 1.82) is 0 Å². The number of piperidine rings is 1. The molecule has 0 radical (unpaired) electrons. The van der Waals surface area contributed by atoms with Gasteiger partial charge >= 0.3 is 5.97 Å². The third-order valence-corrected chi connectivity index (χ3v) is 3.49. The molecule has 4 nitrogen and oxygen atoms in total. The minimum Gasteiger partial charge on any atom is -0.481 e. The lowest BCUT2D eigenvalue weighted by atomic mass is 9.85. The van der Waals surface area contributed by atoms with Crippen molar-refractivity contribution in [3.63, 3.8) is 0 Å². The van der Waals surface area contributed by atoms with Crippen LogP contribution in [0.15, 0.2) is 24.3 Å². The molecule has 2 unspecified atom stereocenters. The first-order valence-corrected chi connectivity index (χ1v) is 6.12. The second-order valence-electron chi connectivity index (χ2n) is 4.80. The van der Waals surface area contributed by atoms with Crippen LogP contribution in [-0.2, 0) is 4.79 Å². The summed E-state index contributed by atoms with van der Waals surface area (Å²) in [5.74, 6) is -0.809. The van der Waals surface area contributed by atoms with Crippen molar-refractivity contribution in [2.24, 2.45) is 5.92 Å². The third kappa shape index (κ3) is 2.76. The second-order valence-corrected chi connectivity index (χ2v) is 4.80. The number of carbonyl (C=O) groups is 2. The molecular formula is C14H17NO3. The number of ketones is 1. The van der Waals surface area contributed by atoms with Crippen molar-refractivity contribution in [3.8, 4) is 0 Å². The molecule has 0 aliphatic carbocycles. The van der Waals surface area contributed by atoms with Gasteiger partial charge < -0.3 is 10.4 Å². The summed E-state index contributed by atoms with van der Waals surface area (Å²) in [5.41, 5.74) is 1.79. The van der Waals surface area contributed by atoms with Crippen LogP contribution in [0.2, 0.25) is 0 Å². The number of aliphatic carboxylic acids is 1. The van der Waals surface area contributed by atoms with Crippen LogP contribution >= 0.6 is 0 Å². The van der Waals surface area contributed by atoms with E-state index in [-0.39, 0.29) is 17.6 Å². The number of carboxylic acids is 1. The minimum absolute atomic E-state index is 0.0479. The van der Waals surface area contributed by atoms with Gasteiger partial charge in [0.1, 0.15) is 0 Å². The van der Waals surface area contributed by atoms with Gasteiger partial charge in [0.05, 0.1) is 5.92 Å². The van der Waals surface area contributed by atoms with Gasteiger partial charge in [-0.15, -0.1) is 0 Å². The summed E-state index contributed by atoms with van der Waals surface area (Å²) in [6.07, 6.45) is 0.655. The van der Waals surface area contributed by atoms with E-state index in [0.717, 1.165) is 12.1 Å². The standard InChI is InChI=1S/C14H17NO3/c1-9(16)10-2-4-11(5-3-10)12-6-13(14(17)18)8-15-7-12/h2-5,12-13,15H,6-8H2,1H3,(H,17,18). The highest BCUT2D eigenvalue weighted by Crippen LogP contribution is 2.26. The van der Waals surface area contributed by atoms with Crippen LogP contribution < -0.4 is 5.32 Å². The highest BCUT2D eigenvalue weighted by molar-refractivity contribution is 5.94. The molecule has 0 amide bonds. The summed E-state index contributed by atoms with van der Waals surface area (Å²) in [4.78, 5) is 22.2. The van der Waals surface area contributed by atoms with Crippen LogP contribution in [0.5, 0.6) is 0 Å². The van der Waals surface area contributed by atoms with Crippen molar-refractivity contribution in [1.82, 2.24) is 5.32 Å². The SMILES string of the molecule is CC(=O)c1ccc(C2CNCC(C(=O)O)C2)cc1. The van der Waals surface area contributed by atoms with Gasteiger partial charge in [-0.25, -0.2) is 0 Å². The van der Waals surface area contributed by atoms with Gasteiger partial charge in [0.25, 0.3) is 0 Å². The molecule has 1 aromatic carbocycles. The van der Waals surface area contributed by atoms with Crippen molar-refractivity contribution in [3.05, 3.63) is 35.4 Å². The van der Waals surface area contributed by atoms with Crippen molar-refractivity contribution in [2.45, 2.75) is 19.3 Å². The molecular weight excluding hydrogens is 230 g/mol. The molecule has 1 fully saturated rings. The fourth-order valence-corrected chi connectivity index (χ4v) is 2.37. The Balaban J connectivity index is 2.11. The molecule has 1 saturated heterocycles. The van der Waals surface area contributed by atoms with E-state index in [2.05, 4.69) is 5.32 Å². The third-order valence-electron chi connectivity index (χ3n) is 3.49. The van der Waals surface area contributed by atoms with Crippen LogP contribution in [0.3, 0.4) is 0 Å². The average Bonchev–Trinajstić information content (AvgIpc) is 2.39. The Morgan fingerprint density at radius 1 is 1.22 bits per heavy atom. The highest BCUT2D eigenvalue weighted by atomic mass is 16.4. The lowest BCUT2D eigenvalue weighted by molar-refractivity contribution is -0.142. The molecule has 2 atom stereocenters. The van der Waals surface area contributed by atoms with E-state index < -0.39 is 5.97 Å². The molecule has 1 aliphatic rings. The zero-order chi connectivity index (χ0) is 13.1. The molecule has 2 N–H and O–H groups in total. The first-order valence-electron chi connectivity index (χ1n) is 6.12. The predicted molar refractivity (Wildman–Crippen MR) is 67.8 cm³/mol. The highest BCUT2D eigenvalue weighted by Gasteiger charge is 2.27. The number of Topliss-reactive ketones (excluding diaryl/α,β-unsaturated/α-hetero) is 1. The molecule has 1 aromatic rings. The number of carbonyl (C=O) groups excluding carboxylic acids is 1. The van der Waals surface area contributed by atoms with E-state index in [1.54, 1.807) is 0 Å². The molecule has 0 aromatic heterocycles. The van der Waals surface area contributed by atoms with Gasteiger partial charge in [-0.2, -0.15) is 0 Å². The number of hydrogen-bond donors (Lipinski definition) is 2. The number of nitrogens with one attached hydrogen (secondary N) is 1. The van der Waals surface area contributed by atoms with Gasteiger partial charge in [0, 0.05) is 18.7 Å². The Hall–Kier alpha value is -1.68. The van der Waals surface area contributed by atoms with Crippen LogP contribution in [0.25, 0.3) is 0 Å². The zero-order valence-electron chi connectivity index (χ0n) is 10.3. The van der Waals surface area contributed by atoms with Crippen LogP contribution in [0.1, 0.15) is 35.2 Å². The maximum atomic E-state index is 11.2. The monoisotopic (exact) mass is 247 g/mol. The van der Waals surface area contributed by atoms with E-state index in [1.807, 2.05) is 24.3 Å². The van der Waals surface area contributed by atoms with E-state index >= 15 is 0 Å². The van der Waals surface area contributed by atoms with E-state index in [4.69, 9.17) is 5.11 Å². The lowest BCUT2D eigenvalue weighted by Gasteiger charge is -2.28. The van der Waals surface area contributed by atoms with Gasteiger partial charge in [0.2, 0.25) is 0 Å². The predicted octanol–water partition coefficient (Wildman–Crippen LogP) is 1.67. The van der Waals surface area contributed by atoms with Gasteiger partial charge in [-0.05, 0) is 24.8 Å². The largest absolute Gasteiger partial charge is 0.481 e. The van der Waals surface area contributed by atoms with Crippen molar-refractivity contribution < 1.29 is 14.7 Å². The Kier molecular flexibility index (Phi) is 3.77. The molecule has 1 heterocycles. The first kappa shape index (κ1) is 12.8. The molecule has 0 saturated carbocycles. The summed E-state index contributed by atoms with van der Waals surface area (Å²) in [6.45, 7) is 2.87. The molecule has 0 bridgehead atoms. The molecule has 2 rings (SSSR count). The molecule has 4 heteroatoms. The summed E-state index contributed by atoms with van der Waals surface area (Å²) >= 11 is 0. The number of hydrogen-bond acceptors (Lipinski definition) is 3. The normalized spacial score (nSPS) is 23.6. The van der Waals surface area contributed by atoms with E-state index in [1.165, 1.54) is 6.92 Å². The smallest absolute Gasteiger partial charge is 0.307 e. The van der Waals surface area contributed by atoms with Gasteiger partial charge in [0.15, 0.2) is 5.78 Å².